The first-order valence-electron chi connectivity index (χ1n) is 8.31. The van der Waals surface area contributed by atoms with Crippen LogP contribution >= 0.6 is 15.9 Å². The summed E-state index contributed by atoms with van der Waals surface area (Å²) in [5.41, 5.74) is -1.33. The average Bonchev–Trinajstić information content (AvgIpc) is 2.72. The predicted molar refractivity (Wildman–Crippen MR) is 115 cm³/mol. The van der Waals surface area contributed by atoms with E-state index >= 15 is 0 Å². The first-order chi connectivity index (χ1) is 14.5. The number of amides is 4. The van der Waals surface area contributed by atoms with Crippen molar-refractivity contribution in [2.75, 3.05) is 7.11 Å². The molecule has 31 heavy (non-hydrogen) atoms. The van der Waals surface area contributed by atoms with Gasteiger partial charge in [-0.25, -0.2) is 4.79 Å². The number of carbonyl (C=O) groups is 5. The Balaban J connectivity index is 2.58. The van der Waals surface area contributed by atoms with Crippen molar-refractivity contribution in [3.05, 3.63) is 83.4 Å². The van der Waals surface area contributed by atoms with Crippen LogP contribution in [0, 0.1) is 0 Å². The molecule has 4 N–H and O–H groups in total. The minimum Gasteiger partial charge on any atom is -0.464 e. The maximum Gasteiger partial charge on any atom is 0.353 e. The lowest BCUT2D eigenvalue weighted by atomic mass is 10.2. The second-order valence-corrected chi connectivity index (χ2v) is 6.64. The number of rotatable bonds is 9. The fourth-order valence-electron chi connectivity index (χ4n) is 1.79. The Kier molecular flexibility index (Phi) is 9.10. The molecule has 0 aliphatic carbocycles. The van der Waals surface area contributed by atoms with Crippen molar-refractivity contribution in [2.24, 2.45) is 0 Å². The highest BCUT2D eigenvalue weighted by Gasteiger charge is 2.19. The zero-order valence-corrected chi connectivity index (χ0v) is 18.1. The second kappa shape index (κ2) is 11.3. The SMILES string of the molecule is C=C(NC(=O)C(=C)NC(=O)c1ccc(Br)cc1)C(=O)NC(=C)C(=O)NC(=C)C(=O)OC. The molecule has 0 saturated carbocycles. The van der Waals surface area contributed by atoms with Crippen LogP contribution in [0.15, 0.2) is 77.8 Å². The van der Waals surface area contributed by atoms with Crippen molar-refractivity contribution in [2.45, 2.75) is 0 Å². The van der Waals surface area contributed by atoms with Gasteiger partial charge in [0.2, 0.25) is 0 Å². The van der Waals surface area contributed by atoms with E-state index in [0.717, 1.165) is 11.6 Å². The van der Waals surface area contributed by atoms with Crippen molar-refractivity contribution in [3.63, 3.8) is 0 Å². The lowest BCUT2D eigenvalue weighted by Gasteiger charge is -2.13. The summed E-state index contributed by atoms with van der Waals surface area (Å²) in [6, 6.07) is 6.35. The Morgan fingerprint density at radius 2 is 1.10 bits per heavy atom. The molecule has 1 aromatic carbocycles. The fraction of sp³-hybridized carbons (Fsp3) is 0.0500. The standard InChI is InChI=1S/C20H19BrN4O6/c1-10(16(26)23-11(2)18(28)25-13(4)20(30)31-5)22-17(27)12(3)24-19(29)14-6-8-15(21)9-7-14/h6-9H,1-4H2,5H3,(H,22,27)(H,23,26)(H,24,29)(H,25,28). The maximum atomic E-state index is 12.1. The number of halogens is 1. The molecule has 10 nitrogen and oxygen atoms in total. The van der Waals surface area contributed by atoms with Crippen molar-refractivity contribution < 1.29 is 28.7 Å². The normalized spacial score (nSPS) is 9.48. The third-order valence-corrected chi connectivity index (χ3v) is 3.95. The zero-order chi connectivity index (χ0) is 23.7. The van der Waals surface area contributed by atoms with E-state index in [1.807, 2.05) is 0 Å². The van der Waals surface area contributed by atoms with E-state index in [1.165, 1.54) is 12.1 Å². The summed E-state index contributed by atoms with van der Waals surface area (Å²) >= 11 is 3.24. The van der Waals surface area contributed by atoms with Gasteiger partial charge in [0.1, 0.15) is 5.70 Å². The lowest BCUT2D eigenvalue weighted by Crippen LogP contribution is -2.40. The summed E-state index contributed by atoms with van der Waals surface area (Å²) in [7, 11) is 1.10. The summed E-state index contributed by atoms with van der Waals surface area (Å²) in [5.74, 6) is -4.27. The van der Waals surface area contributed by atoms with Gasteiger partial charge in [-0.15, -0.1) is 0 Å². The van der Waals surface area contributed by atoms with Gasteiger partial charge in [0.15, 0.2) is 0 Å². The molecular formula is C20H19BrN4O6. The van der Waals surface area contributed by atoms with Crippen LogP contribution in [0.2, 0.25) is 0 Å². The van der Waals surface area contributed by atoms with E-state index in [0.29, 0.717) is 0 Å². The van der Waals surface area contributed by atoms with Gasteiger partial charge in [0.25, 0.3) is 23.6 Å². The highest BCUT2D eigenvalue weighted by atomic mass is 79.9. The Labute approximate surface area is 186 Å². The second-order valence-electron chi connectivity index (χ2n) is 5.73. The molecule has 162 valence electrons. The lowest BCUT2D eigenvalue weighted by molar-refractivity contribution is -0.137. The van der Waals surface area contributed by atoms with E-state index in [2.05, 4.69) is 68.2 Å². The number of ether oxygens (including phenoxy) is 1. The molecule has 0 heterocycles. The van der Waals surface area contributed by atoms with Crippen LogP contribution in [0.1, 0.15) is 10.4 Å². The monoisotopic (exact) mass is 490 g/mol. The van der Waals surface area contributed by atoms with Gasteiger partial charge in [-0.1, -0.05) is 42.2 Å². The molecule has 0 atom stereocenters. The Morgan fingerprint density at radius 1 is 0.710 bits per heavy atom. The zero-order valence-electron chi connectivity index (χ0n) is 16.5. The first-order valence-corrected chi connectivity index (χ1v) is 9.10. The van der Waals surface area contributed by atoms with Crippen molar-refractivity contribution >= 4 is 45.5 Å². The largest absolute Gasteiger partial charge is 0.464 e. The van der Waals surface area contributed by atoms with Crippen molar-refractivity contribution in [1.29, 1.82) is 0 Å². The quantitative estimate of drug-likeness (QED) is 0.297. The fourth-order valence-corrected chi connectivity index (χ4v) is 2.06. The van der Waals surface area contributed by atoms with Crippen LogP contribution in [0.3, 0.4) is 0 Å². The van der Waals surface area contributed by atoms with E-state index in [1.54, 1.807) is 12.1 Å². The van der Waals surface area contributed by atoms with Gasteiger partial charge in [0.05, 0.1) is 24.2 Å². The third-order valence-electron chi connectivity index (χ3n) is 3.42. The van der Waals surface area contributed by atoms with Gasteiger partial charge < -0.3 is 26.0 Å². The molecule has 1 rings (SSSR count). The van der Waals surface area contributed by atoms with E-state index in [4.69, 9.17) is 0 Å². The Hall–Kier alpha value is -3.99. The molecule has 0 aliphatic heterocycles. The van der Waals surface area contributed by atoms with E-state index in [9.17, 15) is 24.0 Å². The molecule has 0 saturated heterocycles. The molecule has 0 aromatic heterocycles. The summed E-state index contributed by atoms with van der Waals surface area (Å²) in [4.78, 5) is 59.4. The van der Waals surface area contributed by atoms with E-state index < -0.39 is 41.0 Å². The average molecular weight is 491 g/mol. The van der Waals surface area contributed by atoms with Crippen LogP contribution in [0.4, 0.5) is 0 Å². The number of hydrogen-bond donors (Lipinski definition) is 4. The molecule has 0 bridgehead atoms. The smallest absolute Gasteiger partial charge is 0.353 e. The third kappa shape index (κ3) is 7.74. The van der Waals surface area contributed by atoms with Crippen LogP contribution in [-0.4, -0.2) is 36.7 Å². The van der Waals surface area contributed by atoms with Crippen LogP contribution in [0.5, 0.6) is 0 Å². The Bertz CT molecular complexity index is 997. The number of nitrogens with one attached hydrogen (secondary N) is 4. The summed E-state index contributed by atoms with van der Waals surface area (Å²) in [6.45, 7) is 13.4. The number of benzene rings is 1. The number of hydrogen-bond acceptors (Lipinski definition) is 6. The van der Waals surface area contributed by atoms with Crippen molar-refractivity contribution in [3.8, 4) is 0 Å². The molecule has 4 amide bonds. The Morgan fingerprint density at radius 3 is 1.52 bits per heavy atom. The summed E-state index contributed by atoms with van der Waals surface area (Å²) in [6.07, 6.45) is 0. The first kappa shape index (κ1) is 25.0. The highest BCUT2D eigenvalue weighted by molar-refractivity contribution is 9.10. The van der Waals surface area contributed by atoms with Crippen LogP contribution in [0.25, 0.3) is 0 Å². The number of methoxy groups -OCH3 is 1. The summed E-state index contributed by atoms with van der Waals surface area (Å²) < 4.78 is 5.14. The summed E-state index contributed by atoms with van der Waals surface area (Å²) in [5, 5.41) is 8.57. The molecule has 0 radical (unpaired) electrons. The van der Waals surface area contributed by atoms with Gasteiger partial charge in [-0.05, 0) is 24.3 Å². The molecule has 0 fully saturated rings. The van der Waals surface area contributed by atoms with Gasteiger partial charge in [-0.2, -0.15) is 0 Å². The molecule has 0 unspecified atom stereocenters. The topological polar surface area (TPSA) is 143 Å². The molecule has 11 heteroatoms. The highest BCUT2D eigenvalue weighted by Crippen LogP contribution is 2.10. The number of carbonyl (C=O) groups excluding carboxylic acids is 5. The van der Waals surface area contributed by atoms with Crippen LogP contribution < -0.4 is 21.3 Å². The van der Waals surface area contributed by atoms with Crippen LogP contribution in [-0.2, 0) is 23.9 Å². The molecule has 1 aromatic rings. The molecule has 0 aliphatic rings. The van der Waals surface area contributed by atoms with Gasteiger partial charge >= 0.3 is 5.97 Å². The number of esters is 1. The molecule has 0 spiro atoms. The van der Waals surface area contributed by atoms with E-state index in [-0.39, 0.29) is 17.0 Å². The predicted octanol–water partition coefficient (Wildman–Crippen LogP) is 0.755. The minimum absolute atomic E-state index is 0.282. The van der Waals surface area contributed by atoms with Gasteiger partial charge in [-0.3, -0.25) is 19.2 Å². The van der Waals surface area contributed by atoms with Gasteiger partial charge in [0, 0.05) is 10.0 Å². The minimum atomic E-state index is -0.968. The maximum absolute atomic E-state index is 12.1. The molecular weight excluding hydrogens is 472 g/mol. The van der Waals surface area contributed by atoms with Crippen molar-refractivity contribution in [1.82, 2.24) is 21.3 Å².